The van der Waals surface area contributed by atoms with Crippen LogP contribution in [0.4, 0.5) is 0 Å². The molecule has 0 spiro atoms. The van der Waals surface area contributed by atoms with Crippen molar-refractivity contribution in [2.45, 2.75) is 77.8 Å². The Morgan fingerprint density at radius 1 is 1.11 bits per heavy atom. The first-order valence-corrected chi connectivity index (χ1v) is 8.72. The van der Waals surface area contributed by atoms with Gasteiger partial charge >= 0.3 is 0 Å². The first-order valence-electron chi connectivity index (χ1n) is 8.72. The Morgan fingerprint density at radius 2 is 1.84 bits per heavy atom. The van der Waals surface area contributed by atoms with Crippen LogP contribution in [0, 0.1) is 11.8 Å². The van der Waals surface area contributed by atoms with Crippen molar-refractivity contribution >= 4 is 0 Å². The van der Waals surface area contributed by atoms with Crippen molar-refractivity contribution in [3.63, 3.8) is 0 Å². The number of likely N-dealkylation sites (tertiary alicyclic amines) is 1. The molecule has 0 amide bonds. The minimum atomic E-state index is 0.840. The number of hydrogen-bond donors (Lipinski definition) is 1. The third-order valence-corrected chi connectivity index (χ3v) is 5.60. The maximum atomic E-state index is 3.71. The van der Waals surface area contributed by atoms with Gasteiger partial charge in [-0.3, -0.25) is 0 Å². The molecule has 2 aliphatic heterocycles. The smallest absolute Gasteiger partial charge is 0.00967 e. The van der Waals surface area contributed by atoms with Gasteiger partial charge in [0.15, 0.2) is 0 Å². The number of piperidine rings is 1. The Balaban J connectivity index is 1.77. The van der Waals surface area contributed by atoms with E-state index in [1.54, 1.807) is 0 Å². The van der Waals surface area contributed by atoms with Crippen molar-refractivity contribution in [1.29, 1.82) is 0 Å². The molecule has 2 aliphatic rings. The van der Waals surface area contributed by atoms with Gasteiger partial charge in [0.1, 0.15) is 0 Å². The zero-order chi connectivity index (χ0) is 13.7. The fourth-order valence-electron chi connectivity index (χ4n) is 4.01. The highest BCUT2D eigenvalue weighted by atomic mass is 15.2. The molecule has 2 heterocycles. The van der Waals surface area contributed by atoms with Gasteiger partial charge in [-0.15, -0.1) is 0 Å². The molecule has 0 aromatic carbocycles. The highest BCUT2D eigenvalue weighted by Gasteiger charge is 2.30. The molecule has 0 aliphatic carbocycles. The summed E-state index contributed by atoms with van der Waals surface area (Å²) in [5, 5.41) is 3.71. The fourth-order valence-corrected chi connectivity index (χ4v) is 4.01. The molecule has 3 unspecified atom stereocenters. The standard InChI is InChI=1S/C17H34N2/c1-4-14(3)13-16(5-2)19-11-8-15(9-12-19)17-7-6-10-18-17/h14-18H,4-13H2,1-3H3. The highest BCUT2D eigenvalue weighted by molar-refractivity contribution is 4.87. The van der Waals surface area contributed by atoms with Gasteiger partial charge in [-0.2, -0.15) is 0 Å². The Kier molecular flexibility index (Phi) is 6.15. The molecule has 2 nitrogen and oxygen atoms in total. The predicted molar refractivity (Wildman–Crippen MR) is 83.5 cm³/mol. The van der Waals surface area contributed by atoms with Crippen molar-refractivity contribution in [3.05, 3.63) is 0 Å². The first-order chi connectivity index (χ1) is 9.24. The van der Waals surface area contributed by atoms with Gasteiger partial charge in [0.05, 0.1) is 0 Å². The van der Waals surface area contributed by atoms with E-state index in [-0.39, 0.29) is 0 Å². The van der Waals surface area contributed by atoms with Gasteiger partial charge < -0.3 is 10.2 Å². The lowest BCUT2D eigenvalue weighted by atomic mass is 9.87. The van der Waals surface area contributed by atoms with E-state index in [9.17, 15) is 0 Å². The molecular weight excluding hydrogens is 232 g/mol. The topological polar surface area (TPSA) is 15.3 Å². The molecule has 2 fully saturated rings. The van der Waals surface area contributed by atoms with Gasteiger partial charge in [0.2, 0.25) is 0 Å². The van der Waals surface area contributed by atoms with Crippen molar-refractivity contribution in [2.24, 2.45) is 11.8 Å². The largest absolute Gasteiger partial charge is 0.314 e. The summed E-state index contributed by atoms with van der Waals surface area (Å²) in [4.78, 5) is 2.79. The van der Waals surface area contributed by atoms with E-state index >= 15 is 0 Å². The minimum Gasteiger partial charge on any atom is -0.314 e. The highest BCUT2D eigenvalue weighted by Crippen LogP contribution is 2.28. The number of hydrogen-bond acceptors (Lipinski definition) is 2. The van der Waals surface area contributed by atoms with Gasteiger partial charge in [-0.1, -0.05) is 27.2 Å². The summed E-state index contributed by atoms with van der Waals surface area (Å²) in [5.41, 5.74) is 0. The lowest BCUT2D eigenvalue weighted by Crippen LogP contribution is -2.45. The summed E-state index contributed by atoms with van der Waals surface area (Å²) in [6, 6.07) is 1.68. The number of nitrogens with one attached hydrogen (secondary N) is 1. The predicted octanol–water partition coefficient (Wildman–Crippen LogP) is 3.67. The maximum absolute atomic E-state index is 3.71. The molecule has 0 aromatic rings. The van der Waals surface area contributed by atoms with Crippen molar-refractivity contribution < 1.29 is 0 Å². The molecule has 0 bridgehead atoms. The van der Waals surface area contributed by atoms with E-state index in [1.807, 2.05) is 0 Å². The molecule has 3 atom stereocenters. The minimum absolute atomic E-state index is 0.840. The molecule has 112 valence electrons. The van der Waals surface area contributed by atoms with Crippen molar-refractivity contribution in [1.82, 2.24) is 10.2 Å². The summed E-state index contributed by atoms with van der Waals surface area (Å²) >= 11 is 0. The fraction of sp³-hybridized carbons (Fsp3) is 1.00. The maximum Gasteiger partial charge on any atom is 0.00967 e. The number of rotatable bonds is 6. The summed E-state index contributed by atoms with van der Waals surface area (Å²) in [6.07, 6.45) is 9.74. The van der Waals surface area contributed by atoms with Crippen molar-refractivity contribution in [3.8, 4) is 0 Å². The van der Waals surface area contributed by atoms with Gasteiger partial charge in [0, 0.05) is 12.1 Å². The van der Waals surface area contributed by atoms with Crippen LogP contribution in [-0.2, 0) is 0 Å². The second kappa shape index (κ2) is 7.64. The Labute approximate surface area is 120 Å². The SMILES string of the molecule is CCC(C)CC(CC)N1CCC(C2CCCN2)CC1. The van der Waals surface area contributed by atoms with E-state index < -0.39 is 0 Å². The zero-order valence-corrected chi connectivity index (χ0v) is 13.3. The van der Waals surface area contributed by atoms with Gasteiger partial charge in [0.25, 0.3) is 0 Å². The van der Waals surface area contributed by atoms with E-state index in [2.05, 4.69) is 31.0 Å². The van der Waals surface area contributed by atoms with Crippen LogP contribution in [0.2, 0.25) is 0 Å². The summed E-state index contributed by atoms with van der Waals surface area (Å²) < 4.78 is 0. The van der Waals surface area contributed by atoms with Crippen LogP contribution in [0.1, 0.15) is 65.7 Å². The Hall–Kier alpha value is -0.0800. The molecule has 0 aromatic heterocycles. The molecule has 2 saturated heterocycles. The Morgan fingerprint density at radius 3 is 2.37 bits per heavy atom. The normalized spacial score (nSPS) is 29.5. The van der Waals surface area contributed by atoms with Crippen LogP contribution in [0.25, 0.3) is 0 Å². The van der Waals surface area contributed by atoms with E-state index in [0.29, 0.717) is 0 Å². The monoisotopic (exact) mass is 266 g/mol. The molecule has 19 heavy (non-hydrogen) atoms. The molecule has 2 rings (SSSR count). The summed E-state index contributed by atoms with van der Waals surface area (Å²) in [6.45, 7) is 11.1. The van der Waals surface area contributed by atoms with Crippen LogP contribution >= 0.6 is 0 Å². The molecule has 0 radical (unpaired) electrons. The molecule has 2 heteroatoms. The average Bonchev–Trinajstić information content (AvgIpc) is 2.99. The molecular formula is C17H34N2. The Bertz CT molecular complexity index is 240. The lowest BCUT2D eigenvalue weighted by Gasteiger charge is -2.40. The van der Waals surface area contributed by atoms with Crippen LogP contribution in [0.15, 0.2) is 0 Å². The van der Waals surface area contributed by atoms with E-state index in [0.717, 1.165) is 23.9 Å². The van der Waals surface area contributed by atoms with Crippen LogP contribution in [0.5, 0.6) is 0 Å². The van der Waals surface area contributed by atoms with Gasteiger partial charge in [-0.25, -0.2) is 0 Å². The summed E-state index contributed by atoms with van der Waals surface area (Å²) in [7, 11) is 0. The number of nitrogens with zero attached hydrogens (tertiary/aromatic N) is 1. The van der Waals surface area contributed by atoms with Gasteiger partial charge in [-0.05, 0) is 70.0 Å². The second-order valence-corrected chi connectivity index (χ2v) is 6.89. The first kappa shape index (κ1) is 15.3. The van der Waals surface area contributed by atoms with Crippen molar-refractivity contribution in [2.75, 3.05) is 19.6 Å². The van der Waals surface area contributed by atoms with Crippen LogP contribution in [0.3, 0.4) is 0 Å². The summed E-state index contributed by atoms with van der Waals surface area (Å²) in [5.74, 6) is 1.85. The van der Waals surface area contributed by atoms with E-state index in [4.69, 9.17) is 0 Å². The van der Waals surface area contributed by atoms with E-state index in [1.165, 1.54) is 64.6 Å². The van der Waals surface area contributed by atoms with Crippen LogP contribution in [-0.4, -0.2) is 36.6 Å². The molecule has 0 saturated carbocycles. The quantitative estimate of drug-likeness (QED) is 0.789. The third-order valence-electron chi connectivity index (χ3n) is 5.60. The lowest BCUT2D eigenvalue weighted by molar-refractivity contribution is 0.102. The molecule has 1 N–H and O–H groups in total. The second-order valence-electron chi connectivity index (χ2n) is 6.89. The average molecular weight is 266 g/mol. The third kappa shape index (κ3) is 4.19. The van der Waals surface area contributed by atoms with Crippen LogP contribution < -0.4 is 5.32 Å². The zero-order valence-electron chi connectivity index (χ0n) is 13.3.